The number of hydrogen-bond acceptors (Lipinski definition) is 1. The highest BCUT2D eigenvalue weighted by atomic mass is 35.5. The van der Waals surface area contributed by atoms with Gasteiger partial charge in [0.25, 0.3) is 0 Å². The van der Waals surface area contributed by atoms with E-state index < -0.39 is 0 Å². The number of aliphatic hydroxyl groups is 1. The maximum atomic E-state index is 13.5. The highest BCUT2D eigenvalue weighted by molar-refractivity contribution is 6.31. The Balaban J connectivity index is 2.16. The standard InChI is InChI=1S/C12H14ClFO/c13-10-4-2-5-11(14)9(10)7-8-3-1-6-12(8)15/h2,4-5,8,12,15H,1,3,6-7H2. The van der Waals surface area contributed by atoms with Crippen LogP contribution in [0.2, 0.25) is 5.02 Å². The molecular weight excluding hydrogens is 215 g/mol. The molecule has 1 nitrogen and oxygen atoms in total. The lowest BCUT2D eigenvalue weighted by Gasteiger charge is -2.15. The molecule has 82 valence electrons. The normalized spacial score (nSPS) is 25.8. The second kappa shape index (κ2) is 4.50. The van der Waals surface area contributed by atoms with Crippen molar-refractivity contribution in [3.05, 3.63) is 34.6 Å². The van der Waals surface area contributed by atoms with E-state index in [4.69, 9.17) is 11.6 Å². The Bertz CT molecular complexity index is 333. The molecule has 2 atom stereocenters. The summed E-state index contributed by atoms with van der Waals surface area (Å²) < 4.78 is 13.5. The molecule has 1 fully saturated rings. The first-order chi connectivity index (χ1) is 7.18. The molecule has 2 rings (SSSR count). The lowest BCUT2D eigenvalue weighted by molar-refractivity contribution is 0.132. The molecule has 0 aliphatic heterocycles. The average molecular weight is 229 g/mol. The van der Waals surface area contributed by atoms with Gasteiger partial charge in [0.15, 0.2) is 0 Å². The molecule has 0 heterocycles. The van der Waals surface area contributed by atoms with E-state index in [-0.39, 0.29) is 17.8 Å². The summed E-state index contributed by atoms with van der Waals surface area (Å²) >= 11 is 5.93. The van der Waals surface area contributed by atoms with Gasteiger partial charge in [0.05, 0.1) is 6.10 Å². The molecule has 1 aromatic rings. The van der Waals surface area contributed by atoms with Crippen LogP contribution < -0.4 is 0 Å². The Morgan fingerprint density at radius 2 is 2.20 bits per heavy atom. The van der Waals surface area contributed by atoms with Crippen LogP contribution in [0.1, 0.15) is 24.8 Å². The highest BCUT2D eigenvalue weighted by Gasteiger charge is 2.26. The minimum atomic E-state index is -0.291. The van der Waals surface area contributed by atoms with E-state index in [2.05, 4.69) is 0 Å². The van der Waals surface area contributed by atoms with Crippen molar-refractivity contribution >= 4 is 11.6 Å². The van der Waals surface area contributed by atoms with Crippen molar-refractivity contribution in [1.82, 2.24) is 0 Å². The summed E-state index contributed by atoms with van der Waals surface area (Å²) in [6, 6.07) is 4.72. The van der Waals surface area contributed by atoms with E-state index in [0.717, 1.165) is 19.3 Å². The second-order valence-corrected chi connectivity index (χ2v) is 4.57. The monoisotopic (exact) mass is 228 g/mol. The predicted octanol–water partition coefficient (Wildman–Crippen LogP) is 3.18. The first kappa shape index (κ1) is 10.9. The summed E-state index contributed by atoms with van der Waals surface area (Å²) in [5.74, 6) is -0.0963. The van der Waals surface area contributed by atoms with Gasteiger partial charge in [-0.25, -0.2) is 4.39 Å². The maximum absolute atomic E-state index is 13.5. The van der Waals surface area contributed by atoms with Crippen molar-refractivity contribution in [2.75, 3.05) is 0 Å². The number of hydrogen-bond donors (Lipinski definition) is 1. The fraction of sp³-hybridized carbons (Fsp3) is 0.500. The summed E-state index contributed by atoms with van der Waals surface area (Å²) in [6.07, 6.45) is 3.08. The van der Waals surface area contributed by atoms with Crippen molar-refractivity contribution in [3.8, 4) is 0 Å². The molecule has 0 radical (unpaired) electrons. The Kier molecular flexibility index (Phi) is 3.27. The largest absolute Gasteiger partial charge is 0.393 e. The molecule has 2 unspecified atom stereocenters. The van der Waals surface area contributed by atoms with Crippen LogP contribution in [0.3, 0.4) is 0 Å². The van der Waals surface area contributed by atoms with Gasteiger partial charge in [0, 0.05) is 10.6 Å². The molecule has 3 heteroatoms. The summed E-state index contributed by atoms with van der Waals surface area (Å²) in [4.78, 5) is 0. The molecule has 0 spiro atoms. The Morgan fingerprint density at radius 1 is 1.40 bits per heavy atom. The van der Waals surface area contributed by atoms with Crippen molar-refractivity contribution in [2.24, 2.45) is 5.92 Å². The van der Waals surface area contributed by atoms with Crippen LogP contribution in [-0.4, -0.2) is 11.2 Å². The lowest BCUT2D eigenvalue weighted by atomic mass is 9.96. The zero-order valence-corrected chi connectivity index (χ0v) is 9.17. The SMILES string of the molecule is OC1CCCC1Cc1c(F)cccc1Cl. The van der Waals surface area contributed by atoms with Crippen LogP contribution in [0.15, 0.2) is 18.2 Å². The smallest absolute Gasteiger partial charge is 0.127 e. The maximum Gasteiger partial charge on any atom is 0.127 e. The summed E-state index contributed by atoms with van der Waals surface area (Å²) in [6.45, 7) is 0. The van der Waals surface area contributed by atoms with Crippen LogP contribution >= 0.6 is 11.6 Å². The van der Waals surface area contributed by atoms with Gasteiger partial charge >= 0.3 is 0 Å². The third-order valence-electron chi connectivity index (χ3n) is 3.15. The first-order valence-corrected chi connectivity index (χ1v) is 5.67. The third kappa shape index (κ3) is 2.32. The van der Waals surface area contributed by atoms with Crippen LogP contribution in [-0.2, 0) is 6.42 Å². The average Bonchev–Trinajstić information content (AvgIpc) is 2.58. The number of rotatable bonds is 2. The summed E-state index contributed by atoms with van der Waals surface area (Å²) in [7, 11) is 0. The van der Waals surface area contributed by atoms with Crippen molar-refractivity contribution < 1.29 is 9.50 Å². The molecule has 0 saturated heterocycles. The minimum absolute atomic E-state index is 0.166. The first-order valence-electron chi connectivity index (χ1n) is 5.29. The van der Waals surface area contributed by atoms with Gasteiger partial charge in [-0.2, -0.15) is 0 Å². The van der Waals surface area contributed by atoms with Gasteiger partial charge in [-0.3, -0.25) is 0 Å². The van der Waals surface area contributed by atoms with Gasteiger partial charge in [0.2, 0.25) is 0 Å². The van der Waals surface area contributed by atoms with E-state index in [1.807, 2.05) is 0 Å². The molecule has 1 saturated carbocycles. The van der Waals surface area contributed by atoms with Gasteiger partial charge in [-0.1, -0.05) is 24.1 Å². The van der Waals surface area contributed by atoms with Crippen molar-refractivity contribution in [3.63, 3.8) is 0 Å². The second-order valence-electron chi connectivity index (χ2n) is 4.16. The Labute approximate surface area is 93.9 Å². The molecule has 0 bridgehead atoms. The zero-order chi connectivity index (χ0) is 10.8. The fourth-order valence-electron chi connectivity index (χ4n) is 2.24. The fourth-order valence-corrected chi connectivity index (χ4v) is 2.49. The van der Waals surface area contributed by atoms with Gasteiger partial charge < -0.3 is 5.11 Å². The molecule has 1 aliphatic rings. The summed E-state index contributed by atoms with van der Waals surface area (Å²) in [5.41, 5.74) is 0.546. The highest BCUT2D eigenvalue weighted by Crippen LogP contribution is 2.31. The quantitative estimate of drug-likeness (QED) is 0.824. The van der Waals surface area contributed by atoms with Gasteiger partial charge in [-0.15, -0.1) is 0 Å². The molecular formula is C12H14ClFO. The molecule has 1 N–H and O–H groups in total. The number of halogens is 2. The van der Waals surface area contributed by atoms with Crippen LogP contribution in [0, 0.1) is 11.7 Å². The van der Waals surface area contributed by atoms with E-state index >= 15 is 0 Å². The molecule has 1 aliphatic carbocycles. The zero-order valence-electron chi connectivity index (χ0n) is 8.42. The molecule has 15 heavy (non-hydrogen) atoms. The predicted molar refractivity (Wildman–Crippen MR) is 58.5 cm³/mol. The third-order valence-corrected chi connectivity index (χ3v) is 3.50. The van der Waals surface area contributed by atoms with Gasteiger partial charge in [0.1, 0.15) is 5.82 Å². The van der Waals surface area contributed by atoms with Crippen LogP contribution in [0.4, 0.5) is 4.39 Å². The van der Waals surface area contributed by atoms with Crippen molar-refractivity contribution in [2.45, 2.75) is 31.8 Å². The van der Waals surface area contributed by atoms with E-state index in [9.17, 15) is 9.50 Å². The summed E-state index contributed by atoms with van der Waals surface area (Å²) in [5, 5.41) is 10.1. The van der Waals surface area contributed by atoms with E-state index in [1.165, 1.54) is 6.07 Å². The van der Waals surface area contributed by atoms with Crippen LogP contribution in [0.5, 0.6) is 0 Å². The van der Waals surface area contributed by atoms with Crippen molar-refractivity contribution in [1.29, 1.82) is 0 Å². The Hall–Kier alpha value is -0.600. The Morgan fingerprint density at radius 3 is 2.80 bits per heavy atom. The van der Waals surface area contributed by atoms with E-state index in [0.29, 0.717) is 17.0 Å². The molecule has 0 aromatic heterocycles. The van der Waals surface area contributed by atoms with Gasteiger partial charge in [-0.05, 0) is 37.3 Å². The minimum Gasteiger partial charge on any atom is -0.393 e. The molecule has 0 amide bonds. The topological polar surface area (TPSA) is 20.2 Å². The van der Waals surface area contributed by atoms with Crippen LogP contribution in [0.25, 0.3) is 0 Å². The lowest BCUT2D eigenvalue weighted by Crippen LogP contribution is -2.16. The van der Waals surface area contributed by atoms with E-state index in [1.54, 1.807) is 12.1 Å². The molecule has 1 aromatic carbocycles. The number of aliphatic hydroxyl groups excluding tert-OH is 1. The number of benzene rings is 1.